The van der Waals surface area contributed by atoms with Crippen molar-refractivity contribution in [3.8, 4) is 0 Å². The topological polar surface area (TPSA) is 24.5 Å². The van der Waals surface area contributed by atoms with Gasteiger partial charge in [0.1, 0.15) is 0 Å². The Morgan fingerprint density at radius 1 is 1.32 bits per heavy atom. The number of nitrogens with zero attached hydrogens (tertiary/aromatic N) is 1. The van der Waals surface area contributed by atoms with E-state index >= 15 is 0 Å². The average Bonchev–Trinajstić information content (AvgIpc) is 3.04. The first-order valence-corrected chi connectivity index (χ1v) is 11.9. The molecule has 3 nitrogen and oxygen atoms in total. The van der Waals surface area contributed by atoms with Crippen LogP contribution in [0.4, 0.5) is 0 Å². The van der Waals surface area contributed by atoms with E-state index in [0.717, 1.165) is 31.4 Å². The predicted molar refractivity (Wildman–Crippen MR) is 108 cm³/mol. The summed E-state index contributed by atoms with van der Waals surface area (Å²) in [6.07, 6.45) is 7.37. The van der Waals surface area contributed by atoms with E-state index in [4.69, 9.17) is 4.74 Å². The predicted octanol–water partition coefficient (Wildman–Crippen LogP) is 4.21. The van der Waals surface area contributed by atoms with Crippen LogP contribution in [0.5, 0.6) is 0 Å². The zero-order valence-electron chi connectivity index (χ0n) is 15.7. The molecule has 1 N–H and O–H groups in total. The van der Waals surface area contributed by atoms with Crippen molar-refractivity contribution in [2.75, 3.05) is 32.0 Å². The van der Waals surface area contributed by atoms with E-state index in [2.05, 4.69) is 29.5 Å². The van der Waals surface area contributed by atoms with E-state index in [0.29, 0.717) is 0 Å². The minimum atomic E-state index is 0.0372. The van der Waals surface area contributed by atoms with E-state index < -0.39 is 0 Å². The van der Waals surface area contributed by atoms with Gasteiger partial charge in [-0.25, -0.2) is 0 Å². The number of ether oxygens (including phenoxy) is 1. The van der Waals surface area contributed by atoms with Crippen LogP contribution in [0, 0.1) is 5.92 Å². The maximum Gasteiger partial charge on any atom is 0.0966 e. The maximum atomic E-state index is 6.41. The van der Waals surface area contributed by atoms with Crippen molar-refractivity contribution in [1.29, 1.82) is 0 Å². The fourth-order valence-electron chi connectivity index (χ4n) is 4.70. The Kier molecular flexibility index (Phi) is 5.78. The van der Waals surface area contributed by atoms with Crippen LogP contribution in [-0.2, 0) is 23.2 Å². The van der Waals surface area contributed by atoms with Crippen molar-refractivity contribution in [3.05, 3.63) is 21.4 Å². The maximum absolute atomic E-state index is 6.41. The van der Waals surface area contributed by atoms with Crippen LogP contribution < -0.4 is 4.72 Å². The van der Waals surface area contributed by atoms with Crippen LogP contribution in [0.2, 0.25) is 0 Å². The molecular weight excluding hydrogens is 348 g/mol. The molecule has 1 aliphatic carbocycles. The molecule has 4 rings (SSSR count). The van der Waals surface area contributed by atoms with Crippen molar-refractivity contribution in [3.63, 3.8) is 0 Å². The van der Waals surface area contributed by atoms with Gasteiger partial charge in [0.15, 0.2) is 0 Å². The minimum absolute atomic E-state index is 0.0372. The zero-order valence-corrected chi connectivity index (χ0v) is 17.3. The second-order valence-electron chi connectivity index (χ2n) is 7.88. The average molecular weight is 381 g/mol. The highest BCUT2D eigenvalue weighted by Gasteiger charge is 2.42. The molecule has 3 aliphatic rings. The first-order valence-electron chi connectivity index (χ1n) is 10.1. The van der Waals surface area contributed by atoms with Gasteiger partial charge in [-0.05, 0) is 49.7 Å². The number of hydrogen-bond acceptors (Lipinski definition) is 5. The number of thiophene rings is 1. The molecule has 140 valence electrons. The highest BCUT2D eigenvalue weighted by molar-refractivity contribution is 7.97. The first-order chi connectivity index (χ1) is 12.2. The van der Waals surface area contributed by atoms with Crippen molar-refractivity contribution in [1.82, 2.24) is 9.62 Å². The van der Waals surface area contributed by atoms with E-state index in [1.54, 1.807) is 10.4 Å². The number of likely N-dealkylation sites (tertiary alicyclic amines) is 1. The Labute approximate surface area is 161 Å². The number of piperidine rings is 1. The van der Waals surface area contributed by atoms with Gasteiger partial charge in [0.05, 0.1) is 12.2 Å². The van der Waals surface area contributed by atoms with Gasteiger partial charge in [-0.3, -0.25) is 4.72 Å². The Balaban J connectivity index is 1.30. The van der Waals surface area contributed by atoms with Gasteiger partial charge in [0.25, 0.3) is 0 Å². The molecule has 1 saturated heterocycles. The Hall–Kier alpha value is -0.0700. The van der Waals surface area contributed by atoms with Crippen LogP contribution in [0.1, 0.15) is 54.8 Å². The molecule has 3 heterocycles. The molecule has 25 heavy (non-hydrogen) atoms. The lowest BCUT2D eigenvalue weighted by atomic mass is 9.78. The number of hydrogen-bond donors (Lipinski definition) is 1. The number of rotatable bonds is 6. The Morgan fingerprint density at radius 2 is 2.12 bits per heavy atom. The van der Waals surface area contributed by atoms with E-state index in [-0.39, 0.29) is 5.60 Å². The lowest BCUT2D eigenvalue weighted by Gasteiger charge is -2.46. The molecule has 1 aromatic heterocycles. The fourth-order valence-corrected chi connectivity index (χ4v) is 6.48. The van der Waals surface area contributed by atoms with Crippen LogP contribution in [0.3, 0.4) is 0 Å². The lowest BCUT2D eigenvalue weighted by Crippen LogP contribution is -2.49. The fraction of sp³-hybridized carbons (Fsp3) is 0.800. The van der Waals surface area contributed by atoms with Crippen molar-refractivity contribution in [2.24, 2.45) is 5.92 Å². The molecule has 0 bridgehead atoms. The van der Waals surface area contributed by atoms with Gasteiger partial charge in [-0.1, -0.05) is 25.8 Å². The van der Waals surface area contributed by atoms with Gasteiger partial charge < -0.3 is 9.64 Å². The number of nitrogens with one attached hydrogen (secondary N) is 1. The number of fused-ring (bicyclic) bond motifs is 2. The van der Waals surface area contributed by atoms with E-state index in [1.165, 1.54) is 55.9 Å². The SMILES string of the molecule is CCSNC1CC(CN2CCC3(CC2)OCCc2sc(CC)cc23)C1. The second kappa shape index (κ2) is 7.89. The first kappa shape index (κ1) is 18.3. The molecule has 0 radical (unpaired) electrons. The monoisotopic (exact) mass is 380 g/mol. The third-order valence-corrected chi connectivity index (χ3v) is 8.34. The molecule has 1 spiro atoms. The summed E-state index contributed by atoms with van der Waals surface area (Å²) >= 11 is 3.90. The van der Waals surface area contributed by atoms with E-state index in [9.17, 15) is 0 Å². The molecule has 0 unspecified atom stereocenters. The summed E-state index contributed by atoms with van der Waals surface area (Å²) in [5.74, 6) is 2.07. The summed E-state index contributed by atoms with van der Waals surface area (Å²) in [5, 5.41) is 0. The molecule has 1 saturated carbocycles. The van der Waals surface area contributed by atoms with Crippen LogP contribution in [-0.4, -0.2) is 42.9 Å². The molecule has 2 fully saturated rings. The molecule has 0 aromatic carbocycles. The third kappa shape index (κ3) is 3.81. The molecule has 1 aromatic rings. The second-order valence-corrected chi connectivity index (χ2v) is 10.2. The molecule has 5 heteroatoms. The Morgan fingerprint density at radius 3 is 2.84 bits per heavy atom. The van der Waals surface area contributed by atoms with Crippen LogP contribution in [0.15, 0.2) is 6.07 Å². The highest BCUT2D eigenvalue weighted by atomic mass is 32.2. The quantitative estimate of drug-likeness (QED) is 0.747. The standard InChI is InChI=1S/C20H32N2OS2/c1-3-17-13-18-19(25-17)5-10-23-20(18)6-8-22(9-7-20)14-15-11-16(12-15)21-24-4-2/h13,15-16,21H,3-12,14H2,1-2H3. The van der Waals surface area contributed by atoms with Crippen molar-refractivity contribution < 1.29 is 4.74 Å². The summed E-state index contributed by atoms with van der Waals surface area (Å²) in [7, 11) is 0. The third-order valence-electron chi connectivity index (χ3n) is 6.22. The summed E-state index contributed by atoms with van der Waals surface area (Å²) < 4.78 is 9.99. The summed E-state index contributed by atoms with van der Waals surface area (Å²) in [5.41, 5.74) is 1.58. The smallest absolute Gasteiger partial charge is 0.0966 e. The lowest BCUT2D eigenvalue weighted by molar-refractivity contribution is -0.0995. The van der Waals surface area contributed by atoms with Gasteiger partial charge in [-0.15, -0.1) is 11.3 Å². The van der Waals surface area contributed by atoms with E-state index in [1.807, 2.05) is 23.3 Å². The van der Waals surface area contributed by atoms with Crippen molar-refractivity contribution in [2.45, 2.75) is 64.0 Å². The normalized spacial score (nSPS) is 28.7. The van der Waals surface area contributed by atoms with Crippen LogP contribution in [0.25, 0.3) is 0 Å². The highest BCUT2D eigenvalue weighted by Crippen LogP contribution is 2.45. The summed E-state index contributed by atoms with van der Waals surface area (Å²) in [6, 6.07) is 3.22. The van der Waals surface area contributed by atoms with Gasteiger partial charge in [-0.2, -0.15) is 0 Å². The zero-order chi connectivity index (χ0) is 17.3. The van der Waals surface area contributed by atoms with Gasteiger partial charge in [0.2, 0.25) is 0 Å². The Bertz CT molecular complexity index is 574. The molecule has 2 aliphatic heterocycles. The van der Waals surface area contributed by atoms with Crippen molar-refractivity contribution >= 4 is 23.3 Å². The molecule has 0 atom stereocenters. The summed E-state index contributed by atoms with van der Waals surface area (Å²) in [6.45, 7) is 9.11. The molecular formula is C20H32N2OS2. The largest absolute Gasteiger partial charge is 0.370 e. The van der Waals surface area contributed by atoms with Gasteiger partial charge >= 0.3 is 0 Å². The summed E-state index contributed by atoms with van der Waals surface area (Å²) in [4.78, 5) is 5.84. The van der Waals surface area contributed by atoms with Crippen LogP contribution >= 0.6 is 23.3 Å². The number of aryl methyl sites for hydroxylation is 1. The molecule has 0 amide bonds. The minimum Gasteiger partial charge on any atom is -0.370 e. The van der Waals surface area contributed by atoms with Gasteiger partial charge in [0, 0.05) is 47.6 Å².